The fraction of sp³-hybridized carbons (Fsp3) is 0. The molecule has 5 heteroatoms. The molecule has 0 amide bonds. The number of thiazole rings is 1. The van der Waals surface area contributed by atoms with Gasteiger partial charge in [0.05, 0.1) is 11.1 Å². The average molecular weight is 242 g/mol. The molecule has 0 aliphatic heterocycles. The lowest BCUT2D eigenvalue weighted by molar-refractivity contribution is 0.103. The molecule has 15 heavy (non-hydrogen) atoms. The average Bonchev–Trinajstić information content (AvgIpc) is 2.69. The van der Waals surface area contributed by atoms with Crippen LogP contribution in [0.5, 0.6) is 0 Å². The number of halogens is 2. The molecular weight excluding hydrogens is 237 g/mol. The fourth-order valence-corrected chi connectivity index (χ4v) is 1.83. The Hall–Kier alpha value is -1.26. The second-order valence-corrected chi connectivity index (χ2v) is 3.98. The first-order chi connectivity index (χ1) is 7.18. The second-order valence-electron chi connectivity index (χ2n) is 2.83. The molecule has 0 saturated heterocycles. The maximum atomic E-state index is 13.4. The Morgan fingerprint density at radius 1 is 1.47 bits per heavy atom. The van der Waals surface area contributed by atoms with Gasteiger partial charge in [-0.05, 0) is 18.2 Å². The molecule has 2 nitrogen and oxygen atoms in total. The van der Waals surface area contributed by atoms with Crippen molar-refractivity contribution < 1.29 is 9.18 Å². The van der Waals surface area contributed by atoms with E-state index in [1.54, 1.807) is 5.38 Å². The Morgan fingerprint density at radius 2 is 2.27 bits per heavy atom. The lowest BCUT2D eigenvalue weighted by atomic mass is 10.1. The highest BCUT2D eigenvalue weighted by molar-refractivity contribution is 7.07. The van der Waals surface area contributed by atoms with Crippen LogP contribution in [0.3, 0.4) is 0 Å². The first-order valence-corrected chi connectivity index (χ1v) is 5.38. The van der Waals surface area contributed by atoms with Gasteiger partial charge in [0, 0.05) is 10.4 Å². The topological polar surface area (TPSA) is 30.0 Å². The van der Waals surface area contributed by atoms with E-state index in [4.69, 9.17) is 11.6 Å². The highest BCUT2D eigenvalue weighted by Gasteiger charge is 2.15. The normalized spacial score (nSPS) is 10.3. The first-order valence-electron chi connectivity index (χ1n) is 4.06. The van der Waals surface area contributed by atoms with Gasteiger partial charge in [-0.2, -0.15) is 0 Å². The Labute approximate surface area is 94.3 Å². The molecule has 0 N–H and O–H groups in total. The summed E-state index contributed by atoms with van der Waals surface area (Å²) in [6.45, 7) is 0. The molecule has 0 aliphatic rings. The second kappa shape index (κ2) is 4.08. The summed E-state index contributed by atoms with van der Waals surface area (Å²) in [5, 5.41) is 1.85. The first kappa shape index (κ1) is 10.3. The highest BCUT2D eigenvalue weighted by atomic mass is 35.5. The molecule has 0 radical (unpaired) electrons. The molecule has 0 bridgehead atoms. The number of carbonyl (C=O) groups is 1. The summed E-state index contributed by atoms with van der Waals surface area (Å²) >= 11 is 6.87. The molecule has 1 heterocycles. The molecule has 76 valence electrons. The minimum atomic E-state index is -0.625. The van der Waals surface area contributed by atoms with Gasteiger partial charge in [-0.3, -0.25) is 4.79 Å². The Balaban J connectivity index is 2.42. The van der Waals surface area contributed by atoms with E-state index in [1.807, 2.05) is 0 Å². The van der Waals surface area contributed by atoms with E-state index in [0.29, 0.717) is 0 Å². The molecular formula is C10H5ClFNOS. The van der Waals surface area contributed by atoms with Gasteiger partial charge < -0.3 is 0 Å². The SMILES string of the molecule is O=C(c1cscn1)c1ccc(Cl)cc1F. The number of carbonyl (C=O) groups excluding carboxylic acids is 1. The third-order valence-electron chi connectivity index (χ3n) is 1.84. The monoisotopic (exact) mass is 241 g/mol. The van der Waals surface area contributed by atoms with Crippen LogP contribution in [0.15, 0.2) is 29.1 Å². The van der Waals surface area contributed by atoms with E-state index in [2.05, 4.69) is 4.98 Å². The van der Waals surface area contributed by atoms with Gasteiger partial charge >= 0.3 is 0 Å². The summed E-state index contributed by atoms with van der Waals surface area (Å²) in [5.41, 5.74) is 1.77. The van der Waals surface area contributed by atoms with Crippen LogP contribution in [0, 0.1) is 5.82 Å². The number of nitrogens with zero attached hydrogens (tertiary/aromatic N) is 1. The van der Waals surface area contributed by atoms with Gasteiger partial charge in [-0.15, -0.1) is 11.3 Å². The van der Waals surface area contributed by atoms with Crippen LogP contribution in [-0.2, 0) is 0 Å². The van der Waals surface area contributed by atoms with Gasteiger partial charge in [0.15, 0.2) is 0 Å². The third kappa shape index (κ3) is 2.06. The summed E-state index contributed by atoms with van der Waals surface area (Å²) < 4.78 is 13.4. The van der Waals surface area contributed by atoms with Crippen molar-refractivity contribution in [3.63, 3.8) is 0 Å². The van der Waals surface area contributed by atoms with Gasteiger partial charge in [-0.25, -0.2) is 9.37 Å². The minimum absolute atomic E-state index is 0.00898. The van der Waals surface area contributed by atoms with Gasteiger partial charge in [-0.1, -0.05) is 11.6 Å². The molecule has 1 aromatic carbocycles. The van der Waals surface area contributed by atoms with E-state index in [-0.39, 0.29) is 16.3 Å². The quantitative estimate of drug-likeness (QED) is 0.756. The standard InChI is InChI=1S/C10H5ClFNOS/c11-6-1-2-7(8(12)3-6)10(14)9-4-15-5-13-9/h1-5H. The van der Waals surface area contributed by atoms with Crippen LogP contribution in [0.4, 0.5) is 4.39 Å². The summed E-state index contributed by atoms with van der Waals surface area (Å²) in [6, 6.07) is 3.95. The number of hydrogen-bond acceptors (Lipinski definition) is 3. The van der Waals surface area contributed by atoms with Crippen molar-refractivity contribution in [3.8, 4) is 0 Å². The van der Waals surface area contributed by atoms with Crippen LogP contribution in [-0.4, -0.2) is 10.8 Å². The molecule has 0 spiro atoms. The predicted molar refractivity (Wildman–Crippen MR) is 57.0 cm³/mol. The predicted octanol–water partition coefficient (Wildman–Crippen LogP) is 3.17. The van der Waals surface area contributed by atoms with Crippen LogP contribution < -0.4 is 0 Å². The maximum absolute atomic E-state index is 13.4. The summed E-state index contributed by atoms with van der Waals surface area (Å²) in [5.74, 6) is -1.05. The summed E-state index contributed by atoms with van der Waals surface area (Å²) in [6.07, 6.45) is 0. The zero-order valence-corrected chi connectivity index (χ0v) is 8.98. The zero-order valence-electron chi connectivity index (χ0n) is 7.41. The van der Waals surface area contributed by atoms with Crippen molar-refractivity contribution >= 4 is 28.7 Å². The van der Waals surface area contributed by atoms with Crippen LogP contribution in [0.25, 0.3) is 0 Å². The summed E-state index contributed by atoms with van der Waals surface area (Å²) in [7, 11) is 0. The molecule has 0 fully saturated rings. The third-order valence-corrected chi connectivity index (χ3v) is 2.66. The number of benzene rings is 1. The van der Waals surface area contributed by atoms with Gasteiger partial charge in [0.25, 0.3) is 0 Å². The van der Waals surface area contributed by atoms with Crippen molar-refractivity contribution in [3.05, 3.63) is 51.2 Å². The van der Waals surface area contributed by atoms with Gasteiger partial charge in [0.2, 0.25) is 5.78 Å². The number of ketones is 1. The molecule has 2 rings (SSSR count). The van der Waals surface area contributed by atoms with E-state index >= 15 is 0 Å². The smallest absolute Gasteiger partial charge is 0.215 e. The number of rotatable bonds is 2. The summed E-state index contributed by atoms with van der Waals surface area (Å²) in [4.78, 5) is 15.5. The van der Waals surface area contributed by atoms with Crippen molar-refractivity contribution in [2.24, 2.45) is 0 Å². The lowest BCUT2D eigenvalue weighted by Gasteiger charge is -1.99. The van der Waals surface area contributed by atoms with Crippen molar-refractivity contribution in [1.29, 1.82) is 0 Å². The largest absolute Gasteiger partial charge is 0.287 e. The lowest BCUT2D eigenvalue weighted by Crippen LogP contribution is -2.04. The molecule has 0 atom stereocenters. The number of hydrogen-bond donors (Lipinski definition) is 0. The molecule has 2 aromatic rings. The molecule has 0 saturated carbocycles. The van der Waals surface area contributed by atoms with Crippen molar-refractivity contribution in [2.75, 3.05) is 0 Å². The fourth-order valence-electron chi connectivity index (χ4n) is 1.14. The number of aromatic nitrogens is 1. The molecule has 1 aromatic heterocycles. The zero-order chi connectivity index (χ0) is 10.8. The van der Waals surface area contributed by atoms with Crippen LogP contribution in [0.2, 0.25) is 5.02 Å². The van der Waals surface area contributed by atoms with Crippen LogP contribution >= 0.6 is 22.9 Å². The Bertz CT molecular complexity index is 498. The highest BCUT2D eigenvalue weighted by Crippen LogP contribution is 2.17. The minimum Gasteiger partial charge on any atom is -0.287 e. The van der Waals surface area contributed by atoms with Gasteiger partial charge in [0.1, 0.15) is 11.5 Å². The van der Waals surface area contributed by atoms with E-state index in [9.17, 15) is 9.18 Å². The maximum Gasteiger partial charge on any atom is 0.215 e. The van der Waals surface area contributed by atoms with Crippen molar-refractivity contribution in [1.82, 2.24) is 4.98 Å². The Kier molecular flexibility index (Phi) is 2.79. The van der Waals surface area contributed by atoms with E-state index in [1.165, 1.54) is 29.0 Å². The Morgan fingerprint density at radius 3 is 2.87 bits per heavy atom. The molecule has 0 unspecified atom stereocenters. The van der Waals surface area contributed by atoms with Crippen molar-refractivity contribution in [2.45, 2.75) is 0 Å². The van der Waals surface area contributed by atoms with Crippen LogP contribution in [0.1, 0.15) is 16.1 Å². The van der Waals surface area contributed by atoms with E-state index < -0.39 is 11.6 Å². The molecule has 0 aliphatic carbocycles. The van der Waals surface area contributed by atoms with E-state index in [0.717, 1.165) is 6.07 Å².